The monoisotopic (exact) mass is 311 g/mol. The first kappa shape index (κ1) is 15.6. The van der Waals surface area contributed by atoms with Gasteiger partial charge in [0.2, 0.25) is 0 Å². The van der Waals surface area contributed by atoms with Crippen molar-refractivity contribution in [2.75, 3.05) is 13.7 Å². The van der Waals surface area contributed by atoms with Gasteiger partial charge in [0.25, 0.3) is 5.91 Å². The Balaban J connectivity index is 1.74. The smallest absolute Gasteiger partial charge is 0.251 e. The van der Waals surface area contributed by atoms with E-state index in [1.165, 1.54) is 0 Å². The van der Waals surface area contributed by atoms with Crippen LogP contribution in [0.15, 0.2) is 48.5 Å². The van der Waals surface area contributed by atoms with Gasteiger partial charge in [-0.2, -0.15) is 0 Å². The minimum absolute atomic E-state index is 0.208. The van der Waals surface area contributed by atoms with Crippen molar-refractivity contribution in [1.29, 1.82) is 0 Å². The number of nitrogens with one attached hydrogen (secondary N) is 1. The standard InChI is InChI=1S/C19H21NO3/c1-23-16-9-4-7-15(12-16)18(21)20-13-19(22)11-5-8-14-6-2-3-10-17(14)19/h2-4,6-7,9-10,12,22H,5,8,11,13H2,1H3,(H,20,21). The Morgan fingerprint density at radius 1 is 1.26 bits per heavy atom. The third kappa shape index (κ3) is 3.22. The van der Waals surface area contributed by atoms with Crippen molar-refractivity contribution >= 4 is 5.91 Å². The summed E-state index contributed by atoms with van der Waals surface area (Å²) in [6.45, 7) is 0.208. The van der Waals surface area contributed by atoms with Crippen LogP contribution in [0.5, 0.6) is 5.75 Å². The van der Waals surface area contributed by atoms with Crippen LogP contribution in [0.3, 0.4) is 0 Å². The molecule has 0 aromatic heterocycles. The Morgan fingerprint density at radius 3 is 2.91 bits per heavy atom. The van der Waals surface area contributed by atoms with Gasteiger partial charge >= 0.3 is 0 Å². The molecule has 1 atom stereocenters. The highest BCUT2D eigenvalue weighted by Gasteiger charge is 2.34. The van der Waals surface area contributed by atoms with E-state index in [4.69, 9.17) is 4.74 Å². The molecule has 120 valence electrons. The second kappa shape index (κ2) is 6.42. The summed E-state index contributed by atoms with van der Waals surface area (Å²) in [6.07, 6.45) is 2.55. The van der Waals surface area contributed by atoms with Crippen LogP contribution in [-0.2, 0) is 12.0 Å². The Labute approximate surface area is 136 Å². The number of amides is 1. The quantitative estimate of drug-likeness (QED) is 0.912. The van der Waals surface area contributed by atoms with Crippen LogP contribution in [0, 0.1) is 0 Å². The largest absolute Gasteiger partial charge is 0.497 e. The zero-order valence-corrected chi connectivity index (χ0v) is 13.2. The van der Waals surface area contributed by atoms with Gasteiger partial charge in [-0.3, -0.25) is 4.79 Å². The van der Waals surface area contributed by atoms with Gasteiger partial charge in [-0.1, -0.05) is 30.3 Å². The molecule has 1 amide bonds. The van der Waals surface area contributed by atoms with Crippen molar-refractivity contribution in [3.63, 3.8) is 0 Å². The number of carbonyl (C=O) groups excluding carboxylic acids is 1. The molecular formula is C19H21NO3. The summed E-state index contributed by atoms with van der Waals surface area (Å²) in [5.41, 5.74) is 1.62. The third-order valence-electron chi connectivity index (χ3n) is 4.43. The van der Waals surface area contributed by atoms with Crippen molar-refractivity contribution < 1.29 is 14.6 Å². The second-order valence-electron chi connectivity index (χ2n) is 5.96. The lowest BCUT2D eigenvalue weighted by Crippen LogP contribution is -2.43. The lowest BCUT2D eigenvalue weighted by atomic mass is 9.79. The topological polar surface area (TPSA) is 58.6 Å². The Bertz CT molecular complexity index is 713. The van der Waals surface area contributed by atoms with E-state index in [9.17, 15) is 9.90 Å². The number of hydrogen-bond acceptors (Lipinski definition) is 3. The van der Waals surface area contributed by atoms with Crippen molar-refractivity contribution in [1.82, 2.24) is 5.32 Å². The van der Waals surface area contributed by atoms with Crippen LogP contribution in [0.4, 0.5) is 0 Å². The number of hydrogen-bond donors (Lipinski definition) is 2. The number of methoxy groups -OCH3 is 1. The molecule has 23 heavy (non-hydrogen) atoms. The first-order chi connectivity index (χ1) is 11.1. The van der Waals surface area contributed by atoms with E-state index in [1.54, 1.807) is 31.4 Å². The molecule has 3 rings (SSSR count). The fourth-order valence-electron chi connectivity index (χ4n) is 3.17. The number of aryl methyl sites for hydroxylation is 1. The molecular weight excluding hydrogens is 290 g/mol. The molecule has 2 aromatic carbocycles. The predicted molar refractivity (Wildman–Crippen MR) is 88.6 cm³/mol. The van der Waals surface area contributed by atoms with E-state index in [2.05, 4.69) is 5.32 Å². The summed E-state index contributed by atoms with van der Waals surface area (Å²) in [4.78, 5) is 12.3. The first-order valence-corrected chi connectivity index (χ1v) is 7.85. The number of carbonyl (C=O) groups is 1. The first-order valence-electron chi connectivity index (χ1n) is 7.85. The Hall–Kier alpha value is -2.33. The van der Waals surface area contributed by atoms with E-state index in [1.807, 2.05) is 24.3 Å². The lowest BCUT2D eigenvalue weighted by Gasteiger charge is -2.34. The molecule has 1 aliphatic rings. The van der Waals surface area contributed by atoms with E-state index < -0.39 is 5.60 Å². The normalized spacial score (nSPS) is 19.7. The van der Waals surface area contributed by atoms with Crippen LogP contribution >= 0.6 is 0 Å². The Morgan fingerprint density at radius 2 is 2.09 bits per heavy atom. The third-order valence-corrected chi connectivity index (χ3v) is 4.43. The molecule has 0 spiro atoms. The van der Waals surface area contributed by atoms with Crippen LogP contribution in [0.25, 0.3) is 0 Å². The highest BCUT2D eigenvalue weighted by molar-refractivity contribution is 5.94. The molecule has 0 saturated heterocycles. The second-order valence-corrected chi connectivity index (χ2v) is 5.96. The number of benzene rings is 2. The van der Waals surface area contributed by atoms with Crippen molar-refractivity contribution in [2.24, 2.45) is 0 Å². The Kier molecular flexibility index (Phi) is 4.35. The highest BCUT2D eigenvalue weighted by atomic mass is 16.5. The fraction of sp³-hybridized carbons (Fsp3) is 0.316. The number of ether oxygens (including phenoxy) is 1. The minimum atomic E-state index is -0.997. The molecule has 0 aliphatic heterocycles. The summed E-state index contributed by atoms with van der Waals surface area (Å²) >= 11 is 0. The maximum atomic E-state index is 12.3. The average Bonchev–Trinajstić information content (AvgIpc) is 2.60. The summed E-state index contributed by atoms with van der Waals surface area (Å²) in [5, 5.41) is 13.8. The van der Waals surface area contributed by atoms with Crippen LogP contribution < -0.4 is 10.1 Å². The maximum absolute atomic E-state index is 12.3. The molecule has 4 heteroatoms. The van der Waals surface area contributed by atoms with E-state index in [-0.39, 0.29) is 12.5 Å². The van der Waals surface area contributed by atoms with Gasteiger partial charge in [0.1, 0.15) is 11.4 Å². The summed E-state index contributed by atoms with van der Waals surface area (Å²) in [6, 6.07) is 14.9. The number of aliphatic hydroxyl groups is 1. The molecule has 0 bridgehead atoms. The average molecular weight is 311 g/mol. The van der Waals surface area contributed by atoms with Crippen LogP contribution in [0.2, 0.25) is 0 Å². The molecule has 0 heterocycles. The molecule has 0 radical (unpaired) electrons. The zero-order chi connectivity index (χ0) is 16.3. The summed E-state index contributed by atoms with van der Waals surface area (Å²) in [5.74, 6) is 0.430. The molecule has 2 aromatic rings. The summed E-state index contributed by atoms with van der Waals surface area (Å²) < 4.78 is 5.14. The van der Waals surface area contributed by atoms with Gasteiger partial charge in [0, 0.05) is 5.56 Å². The van der Waals surface area contributed by atoms with Gasteiger partial charge in [-0.15, -0.1) is 0 Å². The van der Waals surface area contributed by atoms with Crippen molar-refractivity contribution in [2.45, 2.75) is 24.9 Å². The number of fused-ring (bicyclic) bond motifs is 1. The molecule has 0 saturated carbocycles. The SMILES string of the molecule is COc1cccc(C(=O)NCC2(O)CCCc3ccccc32)c1. The van der Waals surface area contributed by atoms with E-state index in [0.717, 1.165) is 24.0 Å². The predicted octanol–water partition coefficient (Wildman–Crippen LogP) is 2.65. The minimum Gasteiger partial charge on any atom is -0.497 e. The zero-order valence-electron chi connectivity index (χ0n) is 13.2. The molecule has 1 unspecified atom stereocenters. The van der Waals surface area contributed by atoms with Crippen LogP contribution in [-0.4, -0.2) is 24.7 Å². The van der Waals surface area contributed by atoms with Gasteiger partial charge in [-0.25, -0.2) is 0 Å². The van der Waals surface area contributed by atoms with E-state index in [0.29, 0.717) is 17.7 Å². The summed E-state index contributed by atoms with van der Waals surface area (Å²) in [7, 11) is 1.57. The molecule has 2 N–H and O–H groups in total. The highest BCUT2D eigenvalue weighted by Crippen LogP contribution is 2.34. The van der Waals surface area contributed by atoms with Gasteiger partial charge in [-0.05, 0) is 48.6 Å². The molecule has 4 nitrogen and oxygen atoms in total. The van der Waals surface area contributed by atoms with E-state index >= 15 is 0 Å². The molecule has 1 aliphatic carbocycles. The van der Waals surface area contributed by atoms with Crippen LogP contribution in [0.1, 0.15) is 34.3 Å². The fourth-order valence-corrected chi connectivity index (χ4v) is 3.17. The lowest BCUT2D eigenvalue weighted by molar-refractivity contribution is 0.0189. The maximum Gasteiger partial charge on any atom is 0.251 e. The van der Waals surface area contributed by atoms with Gasteiger partial charge < -0.3 is 15.2 Å². The number of rotatable bonds is 4. The van der Waals surface area contributed by atoms with Gasteiger partial charge in [0.15, 0.2) is 0 Å². The van der Waals surface area contributed by atoms with Crippen molar-refractivity contribution in [3.8, 4) is 5.75 Å². The van der Waals surface area contributed by atoms with Crippen molar-refractivity contribution in [3.05, 3.63) is 65.2 Å². The van der Waals surface area contributed by atoms with Gasteiger partial charge in [0.05, 0.1) is 13.7 Å². The molecule has 0 fully saturated rings.